The predicted octanol–water partition coefficient (Wildman–Crippen LogP) is 2.16. The van der Waals surface area contributed by atoms with E-state index in [1.807, 2.05) is 42.5 Å². The number of hydrogen-bond acceptors (Lipinski definition) is 5. The Bertz CT molecular complexity index is 826. The molecular weight excluding hydrogens is 360 g/mol. The van der Waals surface area contributed by atoms with Crippen LogP contribution in [0.15, 0.2) is 46.9 Å². The van der Waals surface area contributed by atoms with Gasteiger partial charge in [0.05, 0.1) is 13.0 Å². The van der Waals surface area contributed by atoms with Crippen LogP contribution in [-0.2, 0) is 25.5 Å². The van der Waals surface area contributed by atoms with Crippen LogP contribution in [0.25, 0.3) is 11.3 Å². The molecule has 0 unspecified atom stereocenters. The van der Waals surface area contributed by atoms with Crippen LogP contribution in [0.5, 0.6) is 0 Å². The fraction of sp³-hybridized carbons (Fsp3) is 0.381. The van der Waals surface area contributed by atoms with Crippen LogP contribution in [0.4, 0.5) is 0 Å². The zero-order valence-corrected chi connectivity index (χ0v) is 15.8. The van der Waals surface area contributed by atoms with E-state index in [9.17, 15) is 14.4 Å². The Kier molecular flexibility index (Phi) is 6.47. The highest BCUT2D eigenvalue weighted by molar-refractivity contribution is 5.86. The highest BCUT2D eigenvalue weighted by Crippen LogP contribution is 2.22. The van der Waals surface area contributed by atoms with Gasteiger partial charge in [-0.2, -0.15) is 0 Å². The number of carbonyl (C=O) groups excluding carboxylic acids is 3. The molecule has 7 heteroatoms. The monoisotopic (exact) mass is 384 g/mol. The molecule has 1 N–H and O–H groups in total. The molecule has 1 heterocycles. The summed E-state index contributed by atoms with van der Waals surface area (Å²) < 4.78 is 10.7. The second-order valence-electron chi connectivity index (χ2n) is 6.88. The van der Waals surface area contributed by atoms with Gasteiger partial charge in [-0.3, -0.25) is 14.4 Å². The quantitative estimate of drug-likeness (QED) is 0.669. The molecule has 0 aliphatic heterocycles. The maximum Gasteiger partial charge on any atom is 0.306 e. The average molecular weight is 384 g/mol. The molecule has 1 saturated carbocycles. The summed E-state index contributed by atoms with van der Waals surface area (Å²) in [5.74, 6) is 0.323. The fourth-order valence-corrected chi connectivity index (χ4v) is 2.62. The molecule has 0 spiro atoms. The number of amides is 2. The van der Waals surface area contributed by atoms with Crippen LogP contribution in [0.1, 0.15) is 25.0 Å². The Balaban J connectivity index is 1.36. The number of likely N-dealkylation sites (N-methyl/N-ethyl adjacent to an activating group) is 1. The molecule has 3 rings (SSSR count). The van der Waals surface area contributed by atoms with E-state index < -0.39 is 11.9 Å². The summed E-state index contributed by atoms with van der Waals surface area (Å²) in [6.45, 7) is -0.416. The maximum atomic E-state index is 12.0. The average Bonchev–Trinajstić information content (AvgIpc) is 3.37. The zero-order valence-electron chi connectivity index (χ0n) is 15.8. The smallest absolute Gasteiger partial charge is 0.306 e. The first-order chi connectivity index (χ1) is 13.5. The van der Waals surface area contributed by atoms with E-state index in [-0.39, 0.29) is 31.5 Å². The number of benzene rings is 1. The summed E-state index contributed by atoms with van der Waals surface area (Å²) in [7, 11) is 1.51. The summed E-state index contributed by atoms with van der Waals surface area (Å²) in [5, 5.41) is 2.81. The molecule has 0 bridgehead atoms. The van der Waals surface area contributed by atoms with Crippen molar-refractivity contribution < 1.29 is 23.5 Å². The summed E-state index contributed by atoms with van der Waals surface area (Å²) in [6.07, 6.45) is 2.48. The normalized spacial score (nSPS) is 13.0. The number of carbonyl (C=O) groups is 3. The van der Waals surface area contributed by atoms with Gasteiger partial charge in [0, 0.05) is 25.1 Å². The Hall–Kier alpha value is -3.09. The molecule has 0 atom stereocenters. The molecule has 2 aromatic rings. The summed E-state index contributed by atoms with van der Waals surface area (Å²) in [4.78, 5) is 36.8. The lowest BCUT2D eigenvalue weighted by molar-refractivity contribution is -0.152. The van der Waals surface area contributed by atoms with Crippen molar-refractivity contribution in [3.8, 4) is 11.3 Å². The molecule has 0 saturated heterocycles. The Morgan fingerprint density at radius 3 is 2.61 bits per heavy atom. The highest BCUT2D eigenvalue weighted by atomic mass is 16.5. The lowest BCUT2D eigenvalue weighted by Crippen LogP contribution is -2.40. The van der Waals surface area contributed by atoms with Gasteiger partial charge in [-0.1, -0.05) is 30.3 Å². The maximum absolute atomic E-state index is 12.0. The van der Waals surface area contributed by atoms with Gasteiger partial charge in [0.1, 0.15) is 11.5 Å². The largest absolute Gasteiger partial charge is 0.461 e. The summed E-state index contributed by atoms with van der Waals surface area (Å²) in [6, 6.07) is 13.6. The number of hydrogen-bond donors (Lipinski definition) is 1. The molecular formula is C21H24N2O5. The topological polar surface area (TPSA) is 88.9 Å². The van der Waals surface area contributed by atoms with E-state index in [1.54, 1.807) is 0 Å². The lowest BCUT2D eigenvalue weighted by Gasteiger charge is -2.16. The predicted molar refractivity (Wildman–Crippen MR) is 102 cm³/mol. The Labute approximate surface area is 163 Å². The van der Waals surface area contributed by atoms with Gasteiger partial charge < -0.3 is 19.4 Å². The third kappa shape index (κ3) is 5.97. The number of aryl methyl sites for hydroxylation is 1. The molecule has 1 aliphatic carbocycles. The number of furan rings is 1. The molecule has 148 valence electrons. The van der Waals surface area contributed by atoms with Gasteiger partial charge in [0.15, 0.2) is 6.61 Å². The molecule has 1 fully saturated rings. The number of rotatable bonds is 9. The first kappa shape index (κ1) is 19.7. The minimum Gasteiger partial charge on any atom is -0.461 e. The lowest BCUT2D eigenvalue weighted by atomic mass is 10.2. The second kappa shape index (κ2) is 9.21. The van der Waals surface area contributed by atoms with Gasteiger partial charge in [0.25, 0.3) is 5.91 Å². The van der Waals surface area contributed by atoms with E-state index in [0.717, 1.165) is 24.2 Å². The molecule has 1 aromatic heterocycles. The van der Waals surface area contributed by atoms with Gasteiger partial charge in [-0.15, -0.1) is 0 Å². The highest BCUT2D eigenvalue weighted by Gasteiger charge is 2.24. The van der Waals surface area contributed by atoms with Gasteiger partial charge in [-0.05, 0) is 25.0 Å². The van der Waals surface area contributed by atoms with Crippen molar-refractivity contribution in [2.24, 2.45) is 0 Å². The van der Waals surface area contributed by atoms with Crippen molar-refractivity contribution in [3.05, 3.63) is 48.2 Å². The van der Waals surface area contributed by atoms with E-state index in [0.29, 0.717) is 12.2 Å². The van der Waals surface area contributed by atoms with E-state index >= 15 is 0 Å². The van der Waals surface area contributed by atoms with Crippen LogP contribution in [0, 0.1) is 0 Å². The number of nitrogens with one attached hydrogen (secondary N) is 1. The van der Waals surface area contributed by atoms with Crippen LogP contribution < -0.4 is 5.32 Å². The Morgan fingerprint density at radius 2 is 1.89 bits per heavy atom. The van der Waals surface area contributed by atoms with E-state index in [4.69, 9.17) is 9.15 Å². The third-order valence-corrected chi connectivity index (χ3v) is 4.40. The van der Waals surface area contributed by atoms with Crippen molar-refractivity contribution in [1.82, 2.24) is 10.2 Å². The SMILES string of the molecule is CN(CC(=O)NC1CC1)C(=O)COC(=O)CCc1ccc(-c2ccccc2)o1. The number of ether oxygens (including phenoxy) is 1. The van der Waals surface area contributed by atoms with Gasteiger partial charge in [-0.25, -0.2) is 0 Å². The molecule has 7 nitrogen and oxygen atoms in total. The van der Waals surface area contributed by atoms with Crippen molar-refractivity contribution in [3.63, 3.8) is 0 Å². The third-order valence-electron chi connectivity index (χ3n) is 4.40. The molecule has 1 aliphatic rings. The molecule has 0 radical (unpaired) electrons. The van der Waals surface area contributed by atoms with Crippen molar-refractivity contribution in [1.29, 1.82) is 0 Å². The van der Waals surface area contributed by atoms with Gasteiger partial charge >= 0.3 is 5.97 Å². The number of esters is 1. The minimum absolute atomic E-state index is 0.0401. The number of nitrogens with zero attached hydrogens (tertiary/aromatic N) is 1. The molecule has 2 amide bonds. The van der Waals surface area contributed by atoms with E-state index in [1.165, 1.54) is 11.9 Å². The van der Waals surface area contributed by atoms with Crippen LogP contribution in [-0.4, -0.2) is 48.9 Å². The fourth-order valence-electron chi connectivity index (χ4n) is 2.62. The zero-order chi connectivity index (χ0) is 19.9. The molecule has 28 heavy (non-hydrogen) atoms. The first-order valence-electron chi connectivity index (χ1n) is 9.34. The van der Waals surface area contributed by atoms with Crippen molar-refractivity contribution in [2.75, 3.05) is 20.2 Å². The Morgan fingerprint density at radius 1 is 1.14 bits per heavy atom. The van der Waals surface area contributed by atoms with Gasteiger partial charge in [0.2, 0.25) is 5.91 Å². The van der Waals surface area contributed by atoms with Crippen molar-refractivity contribution in [2.45, 2.75) is 31.7 Å². The minimum atomic E-state index is -0.484. The second-order valence-corrected chi connectivity index (χ2v) is 6.88. The van der Waals surface area contributed by atoms with Crippen molar-refractivity contribution >= 4 is 17.8 Å². The standard InChI is InChI=1S/C21H24N2O5/c1-23(13-19(24)22-16-7-8-16)20(25)14-27-21(26)12-10-17-9-11-18(28-17)15-5-3-2-4-6-15/h2-6,9,11,16H,7-8,10,12-14H2,1H3,(H,22,24). The van der Waals surface area contributed by atoms with E-state index in [2.05, 4.69) is 5.32 Å². The summed E-state index contributed by atoms with van der Waals surface area (Å²) in [5.41, 5.74) is 0.968. The summed E-state index contributed by atoms with van der Waals surface area (Å²) >= 11 is 0. The molecule has 1 aromatic carbocycles. The van der Waals surface area contributed by atoms with Crippen LogP contribution in [0.2, 0.25) is 0 Å². The van der Waals surface area contributed by atoms with Crippen LogP contribution >= 0.6 is 0 Å². The first-order valence-corrected chi connectivity index (χ1v) is 9.34. The van der Waals surface area contributed by atoms with Crippen LogP contribution in [0.3, 0.4) is 0 Å².